The van der Waals surface area contributed by atoms with Crippen molar-refractivity contribution in [1.29, 1.82) is 0 Å². The summed E-state index contributed by atoms with van der Waals surface area (Å²) in [6.45, 7) is 5.90. The molecule has 3 N–H and O–H groups in total. The molecule has 1 heterocycles. The molecule has 0 aliphatic carbocycles. The van der Waals surface area contributed by atoms with Crippen LogP contribution in [-0.4, -0.2) is 89.2 Å². The summed E-state index contributed by atoms with van der Waals surface area (Å²) in [5.41, 5.74) is 0. The molecule has 0 aromatic rings. The van der Waals surface area contributed by atoms with Gasteiger partial charge in [0.15, 0.2) is 24.6 Å². The van der Waals surface area contributed by atoms with Gasteiger partial charge in [-0.2, -0.15) is 0 Å². The van der Waals surface area contributed by atoms with Crippen molar-refractivity contribution in [3.05, 3.63) is 48.6 Å². The normalized spacial score (nSPS) is 18.6. The van der Waals surface area contributed by atoms with Crippen molar-refractivity contribution < 1.29 is 58.2 Å². The van der Waals surface area contributed by atoms with Gasteiger partial charge in [0, 0.05) is 19.3 Å². The summed E-state index contributed by atoms with van der Waals surface area (Å²) in [5, 5.41) is 31.4. The highest BCUT2D eigenvalue weighted by Gasteiger charge is 2.50. The summed E-state index contributed by atoms with van der Waals surface area (Å²) in [6.07, 6.45) is 46.6. The fraction of sp³-hybridized carbons (Fsp3) is 0.803. The van der Waals surface area contributed by atoms with Crippen molar-refractivity contribution in [3.8, 4) is 0 Å². The first-order valence-electron chi connectivity index (χ1n) is 29.6. The third kappa shape index (κ3) is 39.7. The van der Waals surface area contributed by atoms with Gasteiger partial charge in [0.1, 0.15) is 18.8 Å². The molecular weight excluding hydrogens is 925 g/mol. The first kappa shape index (κ1) is 67.7. The van der Waals surface area contributed by atoms with Crippen LogP contribution >= 0.6 is 0 Å². The lowest BCUT2D eigenvalue weighted by molar-refractivity contribution is -0.301. The Labute approximate surface area is 443 Å². The Hall–Kier alpha value is -3.32. The topological polar surface area (TPSA) is 175 Å². The van der Waals surface area contributed by atoms with Crippen molar-refractivity contribution in [2.45, 2.75) is 302 Å². The van der Waals surface area contributed by atoms with E-state index in [-0.39, 0.29) is 25.9 Å². The van der Waals surface area contributed by atoms with Crippen LogP contribution in [0.5, 0.6) is 0 Å². The van der Waals surface area contributed by atoms with E-state index in [0.29, 0.717) is 19.3 Å². The Morgan fingerprint density at radius 2 is 0.836 bits per heavy atom. The number of carboxylic acid groups (broad SMARTS) is 1. The lowest BCUT2D eigenvalue weighted by Crippen LogP contribution is -2.61. The first-order valence-corrected chi connectivity index (χ1v) is 29.6. The zero-order valence-electron chi connectivity index (χ0n) is 46.4. The first-order chi connectivity index (χ1) is 35.6. The maximum Gasteiger partial charge on any atom is 0.335 e. The molecule has 1 aliphatic rings. The number of aliphatic carboxylic acids is 1. The van der Waals surface area contributed by atoms with E-state index < -0.39 is 67.3 Å². The van der Waals surface area contributed by atoms with E-state index in [4.69, 9.17) is 23.7 Å². The summed E-state index contributed by atoms with van der Waals surface area (Å²) < 4.78 is 28.4. The van der Waals surface area contributed by atoms with E-state index >= 15 is 0 Å². The lowest BCUT2D eigenvalue weighted by Gasteiger charge is -2.40. The predicted molar refractivity (Wildman–Crippen MR) is 294 cm³/mol. The van der Waals surface area contributed by atoms with Gasteiger partial charge in [-0.05, 0) is 96.3 Å². The number of hydrogen-bond acceptors (Lipinski definition) is 11. The Morgan fingerprint density at radius 1 is 0.452 bits per heavy atom. The molecule has 1 fully saturated rings. The number of carboxylic acids is 1. The second-order valence-electron chi connectivity index (χ2n) is 20.3. The number of carbonyl (C=O) groups is 4. The standard InChI is InChI=1S/C61H106O12/c1-4-7-10-13-16-19-22-24-25-26-27-28-29-31-33-35-38-41-44-47-53(62)69-50-52(71-54(63)48-45-42-39-36-32-21-18-15-12-9-6-3)51-70-61-59(57(66)56(65)58(73-61)60(67)68)72-55(64)49-46-43-40-37-34-30-23-20-17-14-11-8-5-2/h15-16,18-20,23-25,52,56-59,61,65-66H,4-14,17,21-22,26-51H2,1-3H3,(H,67,68)/b18-15-,19-16-,23-20-,25-24-. The molecule has 422 valence electrons. The molecule has 1 rings (SSSR count). The quantitative estimate of drug-likeness (QED) is 0.0228. The molecule has 0 saturated carbocycles. The fourth-order valence-electron chi connectivity index (χ4n) is 8.73. The summed E-state index contributed by atoms with van der Waals surface area (Å²) in [7, 11) is 0. The Balaban J connectivity index is 2.66. The number of hydrogen-bond donors (Lipinski definition) is 3. The average Bonchev–Trinajstić information content (AvgIpc) is 3.37. The maximum atomic E-state index is 13.1. The molecule has 12 nitrogen and oxygen atoms in total. The Kier molecular flexibility index (Phi) is 45.9. The van der Waals surface area contributed by atoms with Crippen LogP contribution in [0.4, 0.5) is 0 Å². The van der Waals surface area contributed by atoms with Crippen LogP contribution in [0.1, 0.15) is 265 Å². The average molecular weight is 1030 g/mol. The number of allylic oxidation sites excluding steroid dienone is 8. The highest BCUT2D eigenvalue weighted by Crippen LogP contribution is 2.26. The van der Waals surface area contributed by atoms with Crippen LogP contribution in [-0.2, 0) is 42.9 Å². The molecule has 0 amide bonds. The number of unbranched alkanes of at least 4 members (excludes halogenated alkanes) is 28. The maximum absolute atomic E-state index is 13.1. The van der Waals surface area contributed by atoms with Gasteiger partial charge in [0.2, 0.25) is 0 Å². The van der Waals surface area contributed by atoms with E-state index in [9.17, 15) is 34.5 Å². The largest absolute Gasteiger partial charge is 0.479 e. The van der Waals surface area contributed by atoms with Gasteiger partial charge in [0.25, 0.3) is 0 Å². The zero-order chi connectivity index (χ0) is 53.3. The van der Waals surface area contributed by atoms with E-state index in [2.05, 4.69) is 69.4 Å². The lowest BCUT2D eigenvalue weighted by atomic mass is 9.98. The summed E-state index contributed by atoms with van der Waals surface area (Å²) in [6, 6.07) is 0. The van der Waals surface area contributed by atoms with Gasteiger partial charge < -0.3 is 39.0 Å². The molecule has 1 saturated heterocycles. The van der Waals surface area contributed by atoms with E-state index in [1.807, 2.05) is 0 Å². The van der Waals surface area contributed by atoms with Gasteiger partial charge in [-0.15, -0.1) is 0 Å². The van der Waals surface area contributed by atoms with Crippen LogP contribution in [0.3, 0.4) is 0 Å². The molecule has 12 heteroatoms. The van der Waals surface area contributed by atoms with Crippen molar-refractivity contribution in [3.63, 3.8) is 0 Å². The van der Waals surface area contributed by atoms with E-state index in [0.717, 1.165) is 109 Å². The minimum Gasteiger partial charge on any atom is -0.479 e. The van der Waals surface area contributed by atoms with Gasteiger partial charge >= 0.3 is 23.9 Å². The molecule has 0 radical (unpaired) electrons. The molecule has 0 aromatic carbocycles. The second kappa shape index (κ2) is 49.6. The Bertz CT molecular complexity index is 1460. The summed E-state index contributed by atoms with van der Waals surface area (Å²) >= 11 is 0. The third-order valence-corrected chi connectivity index (χ3v) is 13.3. The SMILES string of the molecule is CCCC/C=C\CCCCCCCC(=O)OC(COC(=O)CCCCCCCCCCC/C=C\C/C=C\CCCCC)COC1OC(C(=O)O)C(O)C(O)C1OC(=O)CCCCCCC/C=C\CCCCCC. The van der Waals surface area contributed by atoms with Crippen LogP contribution < -0.4 is 0 Å². The van der Waals surface area contributed by atoms with Gasteiger partial charge in [-0.3, -0.25) is 14.4 Å². The summed E-state index contributed by atoms with van der Waals surface area (Å²) in [4.78, 5) is 51.0. The molecule has 73 heavy (non-hydrogen) atoms. The van der Waals surface area contributed by atoms with Crippen LogP contribution in [0.25, 0.3) is 0 Å². The number of esters is 3. The monoisotopic (exact) mass is 1030 g/mol. The third-order valence-electron chi connectivity index (χ3n) is 13.3. The molecule has 6 unspecified atom stereocenters. The Morgan fingerprint density at radius 3 is 1.32 bits per heavy atom. The predicted octanol–water partition coefficient (Wildman–Crippen LogP) is 15.0. The highest BCUT2D eigenvalue weighted by molar-refractivity contribution is 5.74. The van der Waals surface area contributed by atoms with Crippen LogP contribution in [0.15, 0.2) is 48.6 Å². The molecule has 6 atom stereocenters. The molecule has 0 bridgehead atoms. The number of aliphatic hydroxyl groups is 2. The van der Waals surface area contributed by atoms with Crippen molar-refractivity contribution in [1.82, 2.24) is 0 Å². The van der Waals surface area contributed by atoms with Gasteiger partial charge in [-0.25, -0.2) is 4.79 Å². The number of carbonyl (C=O) groups excluding carboxylic acids is 3. The minimum atomic E-state index is -1.90. The number of rotatable bonds is 50. The molecular formula is C61H106O12. The van der Waals surface area contributed by atoms with Crippen molar-refractivity contribution in [2.24, 2.45) is 0 Å². The van der Waals surface area contributed by atoms with Gasteiger partial charge in [-0.1, -0.05) is 198 Å². The van der Waals surface area contributed by atoms with Gasteiger partial charge in [0.05, 0.1) is 6.61 Å². The van der Waals surface area contributed by atoms with Crippen LogP contribution in [0, 0.1) is 0 Å². The van der Waals surface area contributed by atoms with Crippen molar-refractivity contribution >= 4 is 23.9 Å². The number of ether oxygens (including phenoxy) is 5. The number of aliphatic hydroxyl groups excluding tert-OH is 2. The molecule has 0 spiro atoms. The second-order valence-corrected chi connectivity index (χ2v) is 20.3. The summed E-state index contributed by atoms with van der Waals surface area (Å²) in [5.74, 6) is -3.13. The molecule has 1 aliphatic heterocycles. The molecule has 0 aromatic heterocycles. The van der Waals surface area contributed by atoms with Crippen molar-refractivity contribution in [2.75, 3.05) is 13.2 Å². The fourth-order valence-corrected chi connectivity index (χ4v) is 8.73. The smallest absolute Gasteiger partial charge is 0.335 e. The van der Waals surface area contributed by atoms with E-state index in [1.165, 1.54) is 96.3 Å². The zero-order valence-corrected chi connectivity index (χ0v) is 46.4. The minimum absolute atomic E-state index is 0.0502. The highest BCUT2D eigenvalue weighted by atomic mass is 16.7. The van der Waals surface area contributed by atoms with Crippen LogP contribution in [0.2, 0.25) is 0 Å². The van der Waals surface area contributed by atoms with E-state index in [1.54, 1.807) is 0 Å².